The lowest BCUT2D eigenvalue weighted by Crippen LogP contribution is -2.69. The van der Waals surface area contributed by atoms with Gasteiger partial charge in [-0.05, 0) is 0 Å². The predicted octanol–water partition coefficient (Wildman–Crippen LogP) is -2.48. The van der Waals surface area contributed by atoms with E-state index < -0.39 is 8.08 Å². The summed E-state index contributed by atoms with van der Waals surface area (Å²) in [7, 11) is -2.27. The lowest BCUT2D eigenvalue weighted by molar-refractivity contribution is 1.51. The molecule has 38 valence electrons. The summed E-state index contributed by atoms with van der Waals surface area (Å²) in [5, 5.41) is 15.9. The Morgan fingerprint density at radius 1 is 1.33 bits per heavy atom. The molecular formula is CH11N3Si2. The van der Waals surface area contributed by atoms with E-state index in [1.54, 1.807) is 0 Å². The molecule has 0 rings (SSSR count). The van der Waals surface area contributed by atoms with E-state index in [2.05, 4.69) is 0 Å². The molecule has 0 radical (unpaired) electrons. The molecule has 0 amide bonds. The average Bonchev–Trinajstić information content (AvgIpc) is 1.35. The monoisotopic (exact) mass is 121 g/mol. The fourth-order valence-electron chi connectivity index (χ4n) is 0. The number of hydrogen-bond acceptors (Lipinski definition) is 3. The maximum atomic E-state index is 5.29. The Balaban J connectivity index is 3.17. The third-order valence-corrected chi connectivity index (χ3v) is 5.51. The first-order valence-corrected chi connectivity index (χ1v) is 7.90. The molecule has 0 saturated heterocycles. The highest BCUT2D eigenvalue weighted by Gasteiger charge is 2.11. The molecule has 0 heterocycles. The van der Waals surface area contributed by atoms with Crippen LogP contribution in [0.3, 0.4) is 0 Å². The van der Waals surface area contributed by atoms with E-state index >= 15 is 0 Å². The van der Waals surface area contributed by atoms with E-state index in [1.807, 2.05) is 6.55 Å². The number of rotatable bonds is 1. The van der Waals surface area contributed by atoms with Gasteiger partial charge in [0.1, 0.15) is 0 Å². The molecule has 0 bridgehead atoms. The SMILES string of the molecule is C[SiH2][Si](N)(N)N. The van der Waals surface area contributed by atoms with E-state index in [4.69, 9.17) is 16.2 Å². The minimum atomic E-state index is -1.99. The highest BCUT2D eigenvalue weighted by molar-refractivity contribution is 7.19. The third kappa shape index (κ3) is 4.31. The molecule has 3 nitrogen and oxygen atoms in total. The van der Waals surface area contributed by atoms with Gasteiger partial charge >= 0.3 is 0 Å². The van der Waals surface area contributed by atoms with Crippen LogP contribution in [0, 0.1) is 0 Å². The van der Waals surface area contributed by atoms with Gasteiger partial charge in [-0.1, -0.05) is 6.55 Å². The lowest BCUT2D eigenvalue weighted by atomic mass is 11.9. The van der Waals surface area contributed by atoms with Gasteiger partial charge in [-0.2, -0.15) is 0 Å². The Bertz CT molecular complexity index is 38.5. The Morgan fingerprint density at radius 3 is 1.50 bits per heavy atom. The van der Waals surface area contributed by atoms with Crippen molar-refractivity contribution >= 4 is 17.1 Å². The van der Waals surface area contributed by atoms with E-state index in [9.17, 15) is 0 Å². The normalized spacial score (nSPS) is 14.0. The zero-order valence-electron chi connectivity index (χ0n) is 3.94. The van der Waals surface area contributed by atoms with Crippen LogP contribution in [0.2, 0.25) is 6.55 Å². The first kappa shape index (κ1) is 6.31. The first-order valence-electron chi connectivity index (χ1n) is 1.93. The van der Waals surface area contributed by atoms with Gasteiger partial charge in [-0.3, -0.25) is 0 Å². The average molecular weight is 121 g/mol. The van der Waals surface area contributed by atoms with Crippen LogP contribution in [-0.4, -0.2) is 17.1 Å². The van der Waals surface area contributed by atoms with Gasteiger partial charge < -0.3 is 16.2 Å². The van der Waals surface area contributed by atoms with Crippen molar-refractivity contribution in [2.75, 3.05) is 0 Å². The van der Waals surface area contributed by atoms with Crippen LogP contribution < -0.4 is 16.2 Å². The zero-order valence-corrected chi connectivity index (χ0v) is 6.35. The summed E-state index contributed by atoms with van der Waals surface area (Å²) >= 11 is 0. The molecule has 0 aliphatic rings. The summed E-state index contributed by atoms with van der Waals surface area (Å²) < 4.78 is 0. The van der Waals surface area contributed by atoms with Crippen LogP contribution in [0.25, 0.3) is 0 Å². The summed E-state index contributed by atoms with van der Waals surface area (Å²) in [5.74, 6) is 0. The molecule has 0 atom stereocenters. The third-order valence-electron chi connectivity index (χ3n) is 0.612. The Kier molecular flexibility index (Phi) is 1.95. The summed E-state index contributed by atoms with van der Waals surface area (Å²) in [6.45, 7) is 2.03. The molecule has 0 spiro atoms. The molecule has 0 aliphatic carbocycles. The number of nitrogens with two attached hydrogens (primary N) is 3. The second-order valence-corrected chi connectivity index (χ2v) is 10.2. The fourth-order valence-corrected chi connectivity index (χ4v) is 0. The summed E-state index contributed by atoms with van der Waals surface area (Å²) in [6.07, 6.45) is 0. The minimum Gasteiger partial charge on any atom is -0.330 e. The topological polar surface area (TPSA) is 78.1 Å². The smallest absolute Gasteiger partial charge is 0.246 e. The van der Waals surface area contributed by atoms with Crippen LogP contribution in [-0.2, 0) is 0 Å². The maximum Gasteiger partial charge on any atom is 0.246 e. The molecule has 0 unspecified atom stereocenters. The van der Waals surface area contributed by atoms with Crippen molar-refractivity contribution in [1.82, 2.24) is 0 Å². The largest absolute Gasteiger partial charge is 0.330 e. The van der Waals surface area contributed by atoms with Crippen molar-refractivity contribution in [1.29, 1.82) is 0 Å². The van der Waals surface area contributed by atoms with E-state index in [1.165, 1.54) is 0 Å². The molecule has 0 saturated carbocycles. The van der Waals surface area contributed by atoms with Gasteiger partial charge in [0.25, 0.3) is 0 Å². The van der Waals surface area contributed by atoms with Crippen molar-refractivity contribution in [2.24, 2.45) is 16.2 Å². The second-order valence-electron chi connectivity index (χ2n) is 1.47. The lowest BCUT2D eigenvalue weighted by Gasteiger charge is -2.08. The Morgan fingerprint density at radius 2 is 1.50 bits per heavy atom. The molecular weight excluding hydrogens is 110 g/mol. The maximum absolute atomic E-state index is 5.29. The van der Waals surface area contributed by atoms with Crippen molar-refractivity contribution in [2.45, 2.75) is 6.55 Å². The van der Waals surface area contributed by atoms with E-state index in [0.717, 1.165) is 0 Å². The Labute approximate surface area is 40.7 Å². The van der Waals surface area contributed by atoms with Crippen LogP contribution >= 0.6 is 0 Å². The molecule has 0 aromatic rings. The van der Waals surface area contributed by atoms with E-state index in [0.29, 0.717) is 0 Å². The van der Waals surface area contributed by atoms with Crippen LogP contribution in [0.15, 0.2) is 0 Å². The minimum absolute atomic E-state index is 0.275. The molecule has 0 aromatic carbocycles. The van der Waals surface area contributed by atoms with Gasteiger partial charge in [0.05, 0.1) is 9.04 Å². The number of hydrogen-bond donors (Lipinski definition) is 3. The van der Waals surface area contributed by atoms with Crippen molar-refractivity contribution in [3.8, 4) is 0 Å². The summed E-state index contributed by atoms with van der Waals surface area (Å²) in [5.41, 5.74) is 0. The Hall–Kier alpha value is 0.314. The van der Waals surface area contributed by atoms with Crippen molar-refractivity contribution in [3.63, 3.8) is 0 Å². The summed E-state index contributed by atoms with van der Waals surface area (Å²) in [6, 6.07) is 0. The van der Waals surface area contributed by atoms with Gasteiger partial charge in [-0.25, -0.2) is 0 Å². The standard InChI is InChI=1S/CH11N3Si2/c1-5-6(2,3)4/h2-5H2,1H3. The van der Waals surface area contributed by atoms with Crippen molar-refractivity contribution < 1.29 is 0 Å². The van der Waals surface area contributed by atoms with Gasteiger partial charge in [0.15, 0.2) is 0 Å². The first-order chi connectivity index (χ1) is 2.56. The highest BCUT2D eigenvalue weighted by Crippen LogP contribution is 1.59. The molecule has 6 N–H and O–H groups in total. The molecule has 0 aromatic heterocycles. The zero-order chi connectivity index (χ0) is 5.21. The van der Waals surface area contributed by atoms with E-state index in [-0.39, 0.29) is 9.04 Å². The molecule has 0 fully saturated rings. The molecule has 5 heteroatoms. The summed E-state index contributed by atoms with van der Waals surface area (Å²) in [4.78, 5) is 0. The van der Waals surface area contributed by atoms with Crippen LogP contribution in [0.5, 0.6) is 0 Å². The fraction of sp³-hybridized carbons (Fsp3) is 1.00. The van der Waals surface area contributed by atoms with Gasteiger partial charge in [0, 0.05) is 0 Å². The predicted molar refractivity (Wildman–Crippen MR) is 32.7 cm³/mol. The van der Waals surface area contributed by atoms with Gasteiger partial charge in [0.2, 0.25) is 8.08 Å². The molecule has 6 heavy (non-hydrogen) atoms. The van der Waals surface area contributed by atoms with Crippen LogP contribution in [0.4, 0.5) is 0 Å². The quantitative estimate of drug-likeness (QED) is 0.336. The van der Waals surface area contributed by atoms with Crippen LogP contribution in [0.1, 0.15) is 0 Å². The van der Waals surface area contributed by atoms with Gasteiger partial charge in [-0.15, -0.1) is 0 Å². The molecule has 0 aliphatic heterocycles. The highest BCUT2D eigenvalue weighted by atomic mass is 29.2. The second kappa shape index (κ2) is 1.85. The van der Waals surface area contributed by atoms with Crippen molar-refractivity contribution in [3.05, 3.63) is 0 Å².